The summed E-state index contributed by atoms with van der Waals surface area (Å²) in [6.45, 7) is 7.24. The van der Waals surface area contributed by atoms with Gasteiger partial charge in [0.15, 0.2) is 0 Å². The predicted octanol–water partition coefficient (Wildman–Crippen LogP) is 3.35. The van der Waals surface area contributed by atoms with Crippen LogP contribution in [0.4, 0.5) is 0 Å². The molecule has 0 aliphatic carbocycles. The van der Waals surface area contributed by atoms with Crippen LogP contribution >= 0.6 is 11.6 Å². The summed E-state index contributed by atoms with van der Waals surface area (Å²) in [5.74, 6) is 0. The molecule has 0 saturated heterocycles. The molecule has 0 aliphatic heterocycles. The van der Waals surface area contributed by atoms with Gasteiger partial charge in [0.2, 0.25) is 0 Å². The summed E-state index contributed by atoms with van der Waals surface area (Å²) in [5.41, 5.74) is 2.19. The van der Waals surface area contributed by atoms with E-state index in [2.05, 4.69) is 13.2 Å². The number of carbonyl (C=O) groups is 1. The molecule has 0 unspecified atom stereocenters. The van der Waals surface area contributed by atoms with E-state index in [1.807, 2.05) is 6.07 Å². The van der Waals surface area contributed by atoms with Crippen molar-refractivity contribution in [3.8, 4) is 0 Å². The van der Waals surface area contributed by atoms with Gasteiger partial charge in [-0.05, 0) is 40.9 Å². The van der Waals surface area contributed by atoms with Crippen LogP contribution in [0, 0.1) is 0 Å². The summed E-state index contributed by atoms with van der Waals surface area (Å²) in [7, 11) is 0. The van der Waals surface area contributed by atoms with Crippen LogP contribution in [0.5, 0.6) is 0 Å². The fourth-order valence-corrected chi connectivity index (χ4v) is 1.13. The zero-order valence-corrected chi connectivity index (χ0v) is 7.84. The van der Waals surface area contributed by atoms with Crippen LogP contribution < -0.4 is 0 Å². The predicted molar refractivity (Wildman–Crippen MR) is 56.8 cm³/mol. The van der Waals surface area contributed by atoms with Crippen molar-refractivity contribution in [1.82, 2.24) is 0 Å². The lowest BCUT2D eigenvalue weighted by Gasteiger charge is -2.00. The SMILES string of the molecule is C=Cc1cc(C=C)cc(C(=O)Cl)c1. The lowest BCUT2D eigenvalue weighted by atomic mass is 10.1. The lowest BCUT2D eigenvalue weighted by molar-refractivity contribution is 0.108. The maximum absolute atomic E-state index is 10.9. The Morgan fingerprint density at radius 1 is 1.15 bits per heavy atom. The van der Waals surface area contributed by atoms with Crippen molar-refractivity contribution in [2.24, 2.45) is 0 Å². The van der Waals surface area contributed by atoms with E-state index >= 15 is 0 Å². The minimum absolute atomic E-state index is 0.466. The van der Waals surface area contributed by atoms with Crippen molar-refractivity contribution in [2.75, 3.05) is 0 Å². The second-order valence-electron chi connectivity index (χ2n) is 2.57. The van der Waals surface area contributed by atoms with E-state index < -0.39 is 5.24 Å². The zero-order chi connectivity index (χ0) is 9.84. The first-order valence-electron chi connectivity index (χ1n) is 3.77. The van der Waals surface area contributed by atoms with E-state index in [1.165, 1.54) is 0 Å². The minimum atomic E-state index is -0.466. The molecule has 1 rings (SSSR count). The molecule has 0 N–H and O–H groups in total. The van der Waals surface area contributed by atoms with Crippen LogP contribution in [-0.4, -0.2) is 5.24 Å². The molecule has 0 aromatic heterocycles. The van der Waals surface area contributed by atoms with E-state index in [9.17, 15) is 4.79 Å². The van der Waals surface area contributed by atoms with Crippen LogP contribution in [0.3, 0.4) is 0 Å². The second-order valence-corrected chi connectivity index (χ2v) is 2.91. The fraction of sp³-hybridized carbons (Fsp3) is 0. The van der Waals surface area contributed by atoms with E-state index in [0.29, 0.717) is 5.56 Å². The summed E-state index contributed by atoms with van der Waals surface area (Å²) in [4.78, 5) is 10.9. The Labute approximate surface area is 82.3 Å². The molecule has 0 radical (unpaired) electrons. The molecular formula is C11H9ClO. The highest BCUT2D eigenvalue weighted by molar-refractivity contribution is 6.67. The Morgan fingerprint density at radius 2 is 1.62 bits per heavy atom. The van der Waals surface area contributed by atoms with Gasteiger partial charge in [-0.2, -0.15) is 0 Å². The molecule has 1 nitrogen and oxygen atoms in total. The molecule has 0 bridgehead atoms. The van der Waals surface area contributed by atoms with Crippen LogP contribution in [-0.2, 0) is 0 Å². The molecule has 0 aliphatic rings. The van der Waals surface area contributed by atoms with E-state index in [1.54, 1.807) is 24.3 Å². The van der Waals surface area contributed by atoms with Gasteiger partial charge in [0.25, 0.3) is 5.24 Å². The third-order valence-electron chi connectivity index (χ3n) is 1.68. The van der Waals surface area contributed by atoms with Gasteiger partial charge in [0.1, 0.15) is 0 Å². The quantitative estimate of drug-likeness (QED) is 0.672. The summed E-state index contributed by atoms with van der Waals surface area (Å²) in [5, 5.41) is -0.466. The lowest BCUT2D eigenvalue weighted by Crippen LogP contribution is -1.90. The Morgan fingerprint density at radius 3 is 1.92 bits per heavy atom. The molecule has 0 heterocycles. The number of carbonyl (C=O) groups excluding carboxylic acids is 1. The Bertz CT molecular complexity index is 340. The van der Waals surface area contributed by atoms with E-state index in [4.69, 9.17) is 11.6 Å². The Balaban J connectivity index is 3.30. The summed E-state index contributed by atoms with van der Waals surface area (Å²) in [6, 6.07) is 5.26. The van der Waals surface area contributed by atoms with Crippen LogP contribution in [0.2, 0.25) is 0 Å². The fourth-order valence-electron chi connectivity index (χ4n) is 1.03. The highest BCUT2D eigenvalue weighted by atomic mass is 35.5. The van der Waals surface area contributed by atoms with Crippen molar-refractivity contribution in [2.45, 2.75) is 0 Å². The number of hydrogen-bond donors (Lipinski definition) is 0. The van der Waals surface area contributed by atoms with Gasteiger partial charge in [0.05, 0.1) is 0 Å². The molecule has 2 heteroatoms. The number of halogens is 1. The molecule has 0 fully saturated rings. The van der Waals surface area contributed by atoms with Crippen LogP contribution in [0.15, 0.2) is 31.4 Å². The van der Waals surface area contributed by atoms with Crippen LogP contribution in [0.1, 0.15) is 21.5 Å². The molecular weight excluding hydrogens is 184 g/mol. The van der Waals surface area contributed by atoms with Crippen LogP contribution in [0.25, 0.3) is 12.2 Å². The molecule has 0 saturated carbocycles. The highest BCUT2D eigenvalue weighted by Crippen LogP contribution is 2.14. The minimum Gasteiger partial charge on any atom is -0.276 e. The van der Waals surface area contributed by atoms with Gasteiger partial charge >= 0.3 is 0 Å². The largest absolute Gasteiger partial charge is 0.276 e. The summed E-state index contributed by atoms with van der Waals surface area (Å²) < 4.78 is 0. The molecule has 0 atom stereocenters. The molecule has 66 valence electrons. The van der Waals surface area contributed by atoms with Gasteiger partial charge in [-0.1, -0.05) is 25.3 Å². The topological polar surface area (TPSA) is 17.1 Å². The first-order chi connectivity index (χ1) is 6.17. The molecule has 13 heavy (non-hydrogen) atoms. The van der Waals surface area contributed by atoms with Gasteiger partial charge < -0.3 is 0 Å². The maximum atomic E-state index is 10.9. The zero-order valence-electron chi connectivity index (χ0n) is 7.09. The van der Waals surface area contributed by atoms with Gasteiger partial charge in [-0.3, -0.25) is 4.79 Å². The third-order valence-corrected chi connectivity index (χ3v) is 1.89. The average Bonchev–Trinajstić information content (AvgIpc) is 2.16. The van der Waals surface area contributed by atoms with E-state index in [-0.39, 0.29) is 0 Å². The molecule has 1 aromatic carbocycles. The summed E-state index contributed by atoms with van der Waals surface area (Å²) >= 11 is 5.35. The number of benzene rings is 1. The van der Waals surface area contributed by atoms with E-state index in [0.717, 1.165) is 11.1 Å². The first-order valence-corrected chi connectivity index (χ1v) is 4.15. The van der Waals surface area contributed by atoms with Crippen molar-refractivity contribution in [1.29, 1.82) is 0 Å². The first kappa shape index (κ1) is 9.75. The monoisotopic (exact) mass is 192 g/mol. The molecule has 0 spiro atoms. The van der Waals surface area contributed by atoms with Gasteiger partial charge in [-0.25, -0.2) is 0 Å². The smallest absolute Gasteiger partial charge is 0.252 e. The van der Waals surface area contributed by atoms with Gasteiger partial charge in [0, 0.05) is 5.56 Å². The number of rotatable bonds is 3. The van der Waals surface area contributed by atoms with Crippen molar-refractivity contribution in [3.63, 3.8) is 0 Å². The Kier molecular flexibility index (Phi) is 3.04. The second kappa shape index (κ2) is 4.06. The van der Waals surface area contributed by atoms with Gasteiger partial charge in [-0.15, -0.1) is 0 Å². The standard InChI is InChI=1S/C11H9ClO/c1-3-8-5-9(4-2)7-10(6-8)11(12)13/h3-7H,1-2H2. The molecule has 1 aromatic rings. The third kappa shape index (κ3) is 2.30. The normalized spacial score (nSPS) is 9.31. The van der Waals surface area contributed by atoms with Crippen molar-refractivity contribution >= 4 is 29.0 Å². The maximum Gasteiger partial charge on any atom is 0.252 e. The Hall–Kier alpha value is -1.34. The highest BCUT2D eigenvalue weighted by Gasteiger charge is 2.02. The average molecular weight is 193 g/mol. The van der Waals surface area contributed by atoms with Crippen molar-refractivity contribution < 1.29 is 4.79 Å². The summed E-state index contributed by atoms with van der Waals surface area (Å²) in [6.07, 6.45) is 3.33. The number of hydrogen-bond acceptors (Lipinski definition) is 1. The van der Waals surface area contributed by atoms with Crippen molar-refractivity contribution in [3.05, 3.63) is 48.0 Å². The molecule has 0 amide bonds.